The van der Waals surface area contributed by atoms with Crippen LogP contribution in [0.1, 0.15) is 5.56 Å². The van der Waals surface area contributed by atoms with E-state index in [2.05, 4.69) is 4.72 Å². The molecular weight excluding hydrogens is 418 g/mol. The molecule has 3 rings (SSSR count). The van der Waals surface area contributed by atoms with Gasteiger partial charge in [-0.05, 0) is 60.5 Å². The van der Waals surface area contributed by atoms with Crippen molar-refractivity contribution in [3.8, 4) is 28.7 Å². The zero-order chi connectivity index (χ0) is 22.3. The van der Waals surface area contributed by atoms with Crippen LogP contribution in [-0.2, 0) is 16.4 Å². The Bertz CT molecular complexity index is 1110. The summed E-state index contributed by atoms with van der Waals surface area (Å²) in [6, 6.07) is 19.0. The number of nitrogens with one attached hydrogen (secondary N) is 1. The first kappa shape index (κ1) is 22.5. The molecule has 0 saturated carbocycles. The second-order valence-corrected chi connectivity index (χ2v) is 8.33. The molecule has 0 aromatic heterocycles. The highest BCUT2D eigenvalue weighted by atomic mass is 32.2. The van der Waals surface area contributed by atoms with Crippen LogP contribution in [0.5, 0.6) is 28.7 Å². The van der Waals surface area contributed by atoms with Crippen molar-refractivity contribution < 1.29 is 27.4 Å². The molecule has 7 nitrogen and oxygen atoms in total. The maximum absolute atomic E-state index is 12.6. The first-order valence-corrected chi connectivity index (χ1v) is 11.1. The monoisotopic (exact) mass is 443 g/mol. The quantitative estimate of drug-likeness (QED) is 0.510. The van der Waals surface area contributed by atoms with Gasteiger partial charge in [-0.1, -0.05) is 18.2 Å². The summed E-state index contributed by atoms with van der Waals surface area (Å²) in [5.74, 6) is 2.88. The molecule has 0 aliphatic heterocycles. The van der Waals surface area contributed by atoms with Crippen molar-refractivity contribution in [3.05, 3.63) is 72.3 Å². The van der Waals surface area contributed by atoms with Gasteiger partial charge in [-0.2, -0.15) is 0 Å². The Morgan fingerprint density at radius 3 is 2.00 bits per heavy atom. The van der Waals surface area contributed by atoms with Crippen molar-refractivity contribution in [1.29, 1.82) is 0 Å². The normalized spacial score (nSPS) is 11.1. The van der Waals surface area contributed by atoms with Crippen LogP contribution in [0, 0.1) is 0 Å². The molecule has 0 saturated heterocycles. The van der Waals surface area contributed by atoms with Crippen LogP contribution < -0.4 is 23.7 Å². The lowest BCUT2D eigenvalue weighted by Gasteiger charge is -2.11. The molecule has 0 atom stereocenters. The number of para-hydroxylation sites is 2. The predicted octanol–water partition coefficient (Wildman–Crippen LogP) is 4.03. The standard InChI is InChI=1S/C23H25NO6S/c1-27-20-6-4-5-7-22(20)30-18-9-11-19(12-10-18)31(25,26)24-15-14-17-8-13-21(28-2)23(16-17)29-3/h4-13,16,24H,14-15H2,1-3H3. The average molecular weight is 444 g/mol. The lowest BCUT2D eigenvalue weighted by Crippen LogP contribution is -2.26. The summed E-state index contributed by atoms with van der Waals surface area (Å²) in [5, 5.41) is 0. The third-order valence-corrected chi connectivity index (χ3v) is 6.06. The minimum Gasteiger partial charge on any atom is -0.493 e. The fourth-order valence-electron chi connectivity index (χ4n) is 2.97. The maximum atomic E-state index is 12.6. The van der Waals surface area contributed by atoms with Gasteiger partial charge in [-0.15, -0.1) is 0 Å². The average Bonchev–Trinajstić information content (AvgIpc) is 2.79. The third kappa shape index (κ3) is 5.68. The molecule has 31 heavy (non-hydrogen) atoms. The molecule has 164 valence electrons. The zero-order valence-corrected chi connectivity index (χ0v) is 18.4. The number of hydrogen-bond acceptors (Lipinski definition) is 6. The van der Waals surface area contributed by atoms with Crippen LogP contribution in [0.15, 0.2) is 71.6 Å². The highest BCUT2D eigenvalue weighted by molar-refractivity contribution is 7.89. The fraction of sp³-hybridized carbons (Fsp3) is 0.217. The van der Waals surface area contributed by atoms with Gasteiger partial charge in [0.15, 0.2) is 23.0 Å². The molecule has 3 aromatic carbocycles. The van der Waals surface area contributed by atoms with Crippen molar-refractivity contribution in [1.82, 2.24) is 4.72 Å². The summed E-state index contributed by atoms with van der Waals surface area (Å²) in [7, 11) is 1.04. The van der Waals surface area contributed by atoms with Gasteiger partial charge in [-0.3, -0.25) is 0 Å². The second-order valence-electron chi connectivity index (χ2n) is 6.56. The highest BCUT2D eigenvalue weighted by Crippen LogP contribution is 2.31. The van der Waals surface area contributed by atoms with Gasteiger partial charge in [0.1, 0.15) is 5.75 Å². The topological polar surface area (TPSA) is 83.1 Å². The number of ether oxygens (including phenoxy) is 4. The zero-order valence-electron chi connectivity index (χ0n) is 17.6. The molecule has 0 heterocycles. The van der Waals surface area contributed by atoms with Gasteiger partial charge in [0.25, 0.3) is 0 Å². The van der Waals surface area contributed by atoms with Gasteiger partial charge < -0.3 is 18.9 Å². The van der Waals surface area contributed by atoms with Gasteiger partial charge >= 0.3 is 0 Å². The Morgan fingerprint density at radius 1 is 0.742 bits per heavy atom. The Kier molecular flexibility index (Phi) is 7.38. The summed E-state index contributed by atoms with van der Waals surface area (Å²) in [4.78, 5) is 0.159. The van der Waals surface area contributed by atoms with Gasteiger partial charge in [0.2, 0.25) is 10.0 Å². The summed E-state index contributed by atoms with van der Waals surface area (Å²) in [6.45, 7) is 0.247. The Balaban J connectivity index is 1.62. The summed E-state index contributed by atoms with van der Waals surface area (Å²) in [6.07, 6.45) is 0.509. The molecule has 1 N–H and O–H groups in total. The molecule has 0 bridgehead atoms. The van der Waals surface area contributed by atoms with Crippen LogP contribution in [0.4, 0.5) is 0 Å². The minimum absolute atomic E-state index is 0.159. The van der Waals surface area contributed by atoms with E-state index in [0.717, 1.165) is 5.56 Å². The highest BCUT2D eigenvalue weighted by Gasteiger charge is 2.14. The molecule has 0 aliphatic carbocycles. The largest absolute Gasteiger partial charge is 0.493 e. The van der Waals surface area contributed by atoms with E-state index in [1.165, 1.54) is 12.1 Å². The lowest BCUT2D eigenvalue weighted by molar-refractivity contribution is 0.354. The first-order valence-electron chi connectivity index (χ1n) is 9.58. The van der Waals surface area contributed by atoms with Crippen LogP contribution in [0.2, 0.25) is 0 Å². The van der Waals surface area contributed by atoms with Crippen molar-refractivity contribution in [2.24, 2.45) is 0 Å². The van der Waals surface area contributed by atoms with E-state index < -0.39 is 10.0 Å². The van der Waals surface area contributed by atoms with E-state index in [9.17, 15) is 8.42 Å². The van der Waals surface area contributed by atoms with Crippen LogP contribution in [0.25, 0.3) is 0 Å². The van der Waals surface area contributed by atoms with Crippen molar-refractivity contribution in [2.45, 2.75) is 11.3 Å². The van der Waals surface area contributed by atoms with E-state index in [-0.39, 0.29) is 11.4 Å². The minimum atomic E-state index is -3.65. The van der Waals surface area contributed by atoms with Crippen LogP contribution in [0.3, 0.4) is 0 Å². The Hall–Kier alpha value is -3.23. The molecule has 0 spiro atoms. The van der Waals surface area contributed by atoms with Gasteiger partial charge in [0.05, 0.1) is 26.2 Å². The Labute approximate surface area is 182 Å². The number of hydrogen-bond donors (Lipinski definition) is 1. The smallest absolute Gasteiger partial charge is 0.240 e. The Morgan fingerprint density at radius 2 is 1.35 bits per heavy atom. The molecule has 0 radical (unpaired) electrons. The maximum Gasteiger partial charge on any atom is 0.240 e. The first-order chi connectivity index (χ1) is 15.0. The lowest BCUT2D eigenvalue weighted by atomic mass is 10.1. The van der Waals surface area contributed by atoms with E-state index in [4.69, 9.17) is 18.9 Å². The van der Waals surface area contributed by atoms with Crippen LogP contribution >= 0.6 is 0 Å². The van der Waals surface area contributed by atoms with Crippen molar-refractivity contribution >= 4 is 10.0 Å². The number of benzene rings is 3. The van der Waals surface area contributed by atoms with Gasteiger partial charge in [0, 0.05) is 6.54 Å². The van der Waals surface area contributed by atoms with Crippen molar-refractivity contribution in [3.63, 3.8) is 0 Å². The molecule has 0 unspecified atom stereocenters. The van der Waals surface area contributed by atoms with E-state index >= 15 is 0 Å². The molecule has 0 fully saturated rings. The molecule has 0 amide bonds. The second kappa shape index (κ2) is 10.2. The number of methoxy groups -OCH3 is 3. The SMILES string of the molecule is COc1ccc(CCNS(=O)(=O)c2ccc(Oc3ccccc3OC)cc2)cc1OC. The molecule has 8 heteroatoms. The van der Waals surface area contributed by atoms with E-state index in [1.54, 1.807) is 51.7 Å². The summed E-state index contributed by atoms with van der Waals surface area (Å²) < 4.78 is 49.4. The van der Waals surface area contributed by atoms with E-state index in [0.29, 0.717) is 35.2 Å². The number of sulfonamides is 1. The fourth-order valence-corrected chi connectivity index (χ4v) is 4.00. The molecular formula is C23H25NO6S. The van der Waals surface area contributed by atoms with E-state index in [1.807, 2.05) is 24.3 Å². The van der Waals surface area contributed by atoms with Crippen LogP contribution in [-0.4, -0.2) is 36.3 Å². The molecule has 3 aromatic rings. The van der Waals surface area contributed by atoms with Gasteiger partial charge in [-0.25, -0.2) is 13.1 Å². The molecule has 0 aliphatic rings. The predicted molar refractivity (Wildman–Crippen MR) is 118 cm³/mol. The third-order valence-electron chi connectivity index (χ3n) is 4.58. The van der Waals surface area contributed by atoms with Crippen molar-refractivity contribution in [2.75, 3.05) is 27.9 Å². The number of rotatable bonds is 10. The summed E-state index contributed by atoms with van der Waals surface area (Å²) in [5.41, 5.74) is 0.931. The summed E-state index contributed by atoms with van der Waals surface area (Å²) >= 11 is 0.